The van der Waals surface area contributed by atoms with Gasteiger partial charge in [-0.15, -0.1) is 0 Å². The van der Waals surface area contributed by atoms with Gasteiger partial charge >= 0.3 is 5.69 Å². The molecule has 0 saturated carbocycles. The summed E-state index contributed by atoms with van der Waals surface area (Å²) in [5.74, 6) is -0.108. The van der Waals surface area contributed by atoms with Gasteiger partial charge in [0, 0.05) is 13.0 Å². The number of nitrogens with zero attached hydrogens (tertiary/aromatic N) is 1. The van der Waals surface area contributed by atoms with Crippen LogP contribution in [0, 0.1) is 0 Å². The maximum absolute atomic E-state index is 12.4. The number of nitrogens with one attached hydrogen (secondary N) is 2. The van der Waals surface area contributed by atoms with E-state index in [0.29, 0.717) is 47.4 Å². The molecule has 2 aromatic carbocycles. The number of hydrogen-bond donors (Lipinski definition) is 2. The third kappa shape index (κ3) is 4.65. The van der Waals surface area contributed by atoms with Crippen molar-refractivity contribution in [1.82, 2.24) is 9.55 Å². The van der Waals surface area contributed by atoms with E-state index in [-0.39, 0.29) is 11.5 Å². The number of rotatable bonds is 7. The van der Waals surface area contributed by atoms with E-state index >= 15 is 0 Å². The van der Waals surface area contributed by atoms with Crippen LogP contribution in [0.1, 0.15) is 25.7 Å². The van der Waals surface area contributed by atoms with Crippen LogP contribution < -0.4 is 16.6 Å². The highest BCUT2D eigenvalue weighted by atomic mass is 35.5. The first-order chi connectivity index (χ1) is 13.1. The standard InChI is InChI=1S/C20H20ClN3O3/c21-15-9-4-6-11-17(15)22-18(25)12-2-1-7-13-24-19(26)14-8-3-5-10-16(14)23-20(24)27/h3-6,8-11H,1-2,7,12-13H2,(H,22,25)(H,23,27). The summed E-state index contributed by atoms with van der Waals surface area (Å²) in [7, 11) is 0. The molecule has 7 heteroatoms. The minimum atomic E-state index is -0.407. The highest BCUT2D eigenvalue weighted by Crippen LogP contribution is 2.20. The molecule has 0 aliphatic heterocycles. The maximum atomic E-state index is 12.4. The molecule has 0 spiro atoms. The normalized spacial score (nSPS) is 10.9. The lowest BCUT2D eigenvalue weighted by Gasteiger charge is -2.08. The van der Waals surface area contributed by atoms with E-state index < -0.39 is 5.69 Å². The number of hydrogen-bond acceptors (Lipinski definition) is 3. The maximum Gasteiger partial charge on any atom is 0.328 e. The Bertz CT molecular complexity index is 1070. The number of fused-ring (bicyclic) bond motifs is 1. The SMILES string of the molecule is O=C(CCCCCn1c(=O)[nH]c2ccccc2c1=O)Nc1ccccc1Cl. The molecular weight excluding hydrogens is 366 g/mol. The predicted molar refractivity (Wildman–Crippen MR) is 107 cm³/mol. The van der Waals surface area contributed by atoms with Crippen LogP contribution in [-0.4, -0.2) is 15.5 Å². The Morgan fingerprint density at radius 2 is 1.74 bits per heavy atom. The van der Waals surface area contributed by atoms with Gasteiger partial charge < -0.3 is 10.3 Å². The van der Waals surface area contributed by atoms with E-state index in [1.165, 1.54) is 4.57 Å². The zero-order valence-corrected chi connectivity index (χ0v) is 15.5. The molecule has 140 valence electrons. The Morgan fingerprint density at radius 3 is 2.56 bits per heavy atom. The van der Waals surface area contributed by atoms with Gasteiger partial charge in [0.05, 0.1) is 21.6 Å². The first kappa shape index (κ1) is 18.9. The Morgan fingerprint density at radius 1 is 1.00 bits per heavy atom. The average molecular weight is 386 g/mol. The average Bonchev–Trinajstić information content (AvgIpc) is 2.65. The number of carbonyl (C=O) groups is 1. The lowest BCUT2D eigenvalue weighted by molar-refractivity contribution is -0.116. The number of H-pyrrole nitrogens is 1. The number of unbranched alkanes of at least 4 members (excludes halogenated alkanes) is 2. The largest absolute Gasteiger partial charge is 0.328 e. The molecule has 0 aliphatic carbocycles. The molecule has 1 aromatic heterocycles. The molecule has 3 aromatic rings. The van der Waals surface area contributed by atoms with Crippen molar-refractivity contribution in [3.8, 4) is 0 Å². The molecule has 27 heavy (non-hydrogen) atoms. The summed E-state index contributed by atoms with van der Waals surface area (Å²) in [6.07, 6.45) is 2.39. The fourth-order valence-corrected chi connectivity index (χ4v) is 3.09. The van der Waals surface area contributed by atoms with Crippen LogP contribution in [0.15, 0.2) is 58.1 Å². The van der Waals surface area contributed by atoms with Crippen LogP contribution in [0.4, 0.5) is 5.69 Å². The quantitative estimate of drug-likeness (QED) is 0.610. The van der Waals surface area contributed by atoms with Crippen molar-refractivity contribution < 1.29 is 4.79 Å². The minimum absolute atomic E-state index is 0.108. The summed E-state index contributed by atoms with van der Waals surface area (Å²) in [6, 6.07) is 14.0. The first-order valence-electron chi connectivity index (χ1n) is 8.82. The molecule has 6 nitrogen and oxygen atoms in total. The lowest BCUT2D eigenvalue weighted by atomic mass is 10.2. The van der Waals surface area contributed by atoms with Gasteiger partial charge in [-0.1, -0.05) is 42.3 Å². The second kappa shape index (κ2) is 8.68. The number of aromatic nitrogens is 2. The second-order valence-electron chi connectivity index (χ2n) is 6.27. The molecule has 1 amide bonds. The zero-order valence-electron chi connectivity index (χ0n) is 14.7. The van der Waals surface area contributed by atoms with Gasteiger partial charge in [0.2, 0.25) is 5.91 Å². The first-order valence-corrected chi connectivity index (χ1v) is 9.20. The smallest absolute Gasteiger partial charge is 0.325 e. The van der Waals surface area contributed by atoms with Crippen LogP contribution >= 0.6 is 11.6 Å². The topological polar surface area (TPSA) is 84.0 Å². The minimum Gasteiger partial charge on any atom is -0.325 e. The number of anilines is 1. The summed E-state index contributed by atoms with van der Waals surface area (Å²) in [5, 5.41) is 3.77. The molecule has 0 saturated heterocycles. The highest BCUT2D eigenvalue weighted by molar-refractivity contribution is 6.33. The van der Waals surface area contributed by atoms with Gasteiger partial charge in [-0.25, -0.2) is 4.79 Å². The van der Waals surface area contributed by atoms with Crippen LogP contribution in [0.3, 0.4) is 0 Å². The van der Waals surface area contributed by atoms with Gasteiger partial charge in [0.25, 0.3) is 5.56 Å². The second-order valence-corrected chi connectivity index (χ2v) is 6.68. The van der Waals surface area contributed by atoms with Crippen molar-refractivity contribution in [2.24, 2.45) is 0 Å². The van der Waals surface area contributed by atoms with Crippen molar-refractivity contribution in [1.29, 1.82) is 0 Å². The lowest BCUT2D eigenvalue weighted by Crippen LogP contribution is -2.35. The van der Waals surface area contributed by atoms with Crippen molar-refractivity contribution in [3.05, 3.63) is 74.4 Å². The fraction of sp³-hybridized carbons (Fsp3) is 0.250. The van der Waals surface area contributed by atoms with Crippen LogP contribution in [0.5, 0.6) is 0 Å². The molecule has 1 heterocycles. The summed E-state index contributed by atoms with van der Waals surface area (Å²) < 4.78 is 1.21. The predicted octanol–water partition coefficient (Wildman–Crippen LogP) is 3.54. The molecule has 0 fully saturated rings. The number of halogens is 1. The van der Waals surface area contributed by atoms with Gasteiger partial charge in [-0.05, 0) is 37.1 Å². The summed E-state index contributed by atoms with van der Waals surface area (Å²) in [5.41, 5.74) is 0.444. The van der Waals surface area contributed by atoms with E-state index in [2.05, 4.69) is 10.3 Å². The molecule has 0 atom stereocenters. The molecule has 0 bridgehead atoms. The zero-order chi connectivity index (χ0) is 19.2. The van der Waals surface area contributed by atoms with Crippen molar-refractivity contribution in [3.63, 3.8) is 0 Å². The van der Waals surface area contributed by atoms with Crippen LogP contribution in [0.25, 0.3) is 10.9 Å². The van der Waals surface area contributed by atoms with Crippen molar-refractivity contribution in [2.75, 3.05) is 5.32 Å². The summed E-state index contributed by atoms with van der Waals surface area (Å²) in [6.45, 7) is 0.325. The number of aromatic amines is 1. The third-order valence-corrected chi connectivity index (χ3v) is 4.65. The van der Waals surface area contributed by atoms with Gasteiger partial charge in [-0.2, -0.15) is 0 Å². The van der Waals surface area contributed by atoms with Crippen LogP contribution in [-0.2, 0) is 11.3 Å². The van der Waals surface area contributed by atoms with E-state index in [1.807, 2.05) is 0 Å². The molecule has 0 radical (unpaired) electrons. The van der Waals surface area contributed by atoms with Crippen LogP contribution in [0.2, 0.25) is 5.02 Å². The van der Waals surface area contributed by atoms with E-state index in [4.69, 9.17) is 11.6 Å². The van der Waals surface area contributed by atoms with Gasteiger partial charge in [0.15, 0.2) is 0 Å². The molecule has 0 aliphatic rings. The van der Waals surface area contributed by atoms with Gasteiger partial charge in [0.1, 0.15) is 0 Å². The fourth-order valence-electron chi connectivity index (χ4n) is 2.91. The Kier molecular flexibility index (Phi) is 6.08. The number of carbonyl (C=O) groups excluding carboxylic acids is 1. The Labute approximate surface area is 160 Å². The molecular formula is C20H20ClN3O3. The summed E-state index contributed by atoms with van der Waals surface area (Å²) >= 11 is 6.01. The molecule has 2 N–H and O–H groups in total. The molecule has 3 rings (SSSR count). The van der Waals surface area contributed by atoms with Gasteiger partial charge in [-0.3, -0.25) is 14.2 Å². The Balaban J connectivity index is 1.50. The number of benzene rings is 2. The van der Waals surface area contributed by atoms with E-state index in [1.54, 1.807) is 48.5 Å². The van der Waals surface area contributed by atoms with E-state index in [9.17, 15) is 14.4 Å². The molecule has 0 unspecified atom stereocenters. The monoisotopic (exact) mass is 385 g/mol. The highest BCUT2D eigenvalue weighted by Gasteiger charge is 2.08. The van der Waals surface area contributed by atoms with Crippen molar-refractivity contribution in [2.45, 2.75) is 32.2 Å². The number of amides is 1. The van der Waals surface area contributed by atoms with Crippen molar-refractivity contribution >= 4 is 34.1 Å². The number of para-hydroxylation sites is 2. The Hall–Kier alpha value is -2.86. The summed E-state index contributed by atoms with van der Waals surface area (Å²) in [4.78, 5) is 39.2. The van der Waals surface area contributed by atoms with E-state index in [0.717, 1.165) is 6.42 Å². The third-order valence-electron chi connectivity index (χ3n) is 4.32.